The predicted molar refractivity (Wildman–Crippen MR) is 83.7 cm³/mol. The zero-order chi connectivity index (χ0) is 12.5. The van der Waals surface area contributed by atoms with Crippen LogP contribution < -0.4 is 0 Å². The largest absolute Gasteiger partial charge is 0.508 e. The van der Waals surface area contributed by atoms with Gasteiger partial charge in [-0.1, -0.05) is 6.92 Å². The molecular weight excluding hydrogens is 278 g/mol. The van der Waals surface area contributed by atoms with Crippen molar-refractivity contribution < 1.29 is 5.11 Å². The number of fused-ring (bicyclic) bond motifs is 3. The van der Waals surface area contributed by atoms with Gasteiger partial charge in [0, 0.05) is 22.6 Å². The standard InChI is InChI=1S/C15H21NOS.ClH/c1-2-7-16-8-3-4-12-13-9-11(17)5-6-15(13)18-10-14(12)16;/h5-6,9,12,14,17H,2-4,7-8,10H2,1H3;1H/t12-,14+;/m0./s1. The maximum absolute atomic E-state index is 9.72. The molecule has 19 heavy (non-hydrogen) atoms. The molecular formula is C15H22ClNOS. The van der Waals surface area contributed by atoms with E-state index >= 15 is 0 Å². The fourth-order valence-electron chi connectivity index (χ4n) is 3.41. The third-order valence-electron chi connectivity index (χ3n) is 4.21. The molecule has 0 unspecified atom stereocenters. The molecule has 0 amide bonds. The van der Waals surface area contributed by atoms with E-state index in [4.69, 9.17) is 0 Å². The number of hydrogen-bond donors (Lipinski definition) is 1. The molecule has 106 valence electrons. The summed E-state index contributed by atoms with van der Waals surface area (Å²) in [7, 11) is 0. The molecule has 2 aliphatic rings. The van der Waals surface area contributed by atoms with E-state index in [0.29, 0.717) is 17.7 Å². The van der Waals surface area contributed by atoms with Crippen LogP contribution >= 0.6 is 24.2 Å². The molecule has 1 aromatic rings. The molecule has 2 heterocycles. The average Bonchev–Trinajstić information content (AvgIpc) is 2.39. The minimum absolute atomic E-state index is 0. The van der Waals surface area contributed by atoms with Crippen molar-refractivity contribution in [2.75, 3.05) is 18.8 Å². The van der Waals surface area contributed by atoms with E-state index in [-0.39, 0.29) is 12.4 Å². The Labute approximate surface area is 126 Å². The highest BCUT2D eigenvalue weighted by Gasteiger charge is 2.36. The molecule has 0 bridgehead atoms. The van der Waals surface area contributed by atoms with Gasteiger partial charge in [-0.15, -0.1) is 24.2 Å². The van der Waals surface area contributed by atoms with Crippen LogP contribution in [0.5, 0.6) is 5.75 Å². The molecule has 1 N–H and O–H groups in total. The van der Waals surface area contributed by atoms with Crippen molar-refractivity contribution in [1.29, 1.82) is 0 Å². The smallest absolute Gasteiger partial charge is 0.115 e. The predicted octanol–water partition coefficient (Wildman–Crippen LogP) is 3.88. The van der Waals surface area contributed by atoms with Crippen LogP contribution in [0.4, 0.5) is 0 Å². The molecule has 4 heteroatoms. The fourth-order valence-corrected chi connectivity index (χ4v) is 4.74. The Balaban J connectivity index is 0.00000133. The molecule has 0 saturated carbocycles. The molecule has 1 fully saturated rings. The number of phenols is 1. The second kappa shape index (κ2) is 6.38. The van der Waals surface area contributed by atoms with E-state index in [9.17, 15) is 5.11 Å². The van der Waals surface area contributed by atoms with Crippen LogP contribution in [0.25, 0.3) is 0 Å². The molecule has 1 aromatic carbocycles. The summed E-state index contributed by atoms with van der Waals surface area (Å²) in [5.41, 5.74) is 1.39. The third kappa shape index (κ3) is 2.88. The summed E-state index contributed by atoms with van der Waals surface area (Å²) in [6.45, 7) is 4.74. The Hall–Kier alpha value is -0.380. The second-order valence-corrected chi connectivity index (χ2v) is 6.45. The van der Waals surface area contributed by atoms with Crippen molar-refractivity contribution >= 4 is 24.2 Å². The van der Waals surface area contributed by atoms with Crippen LogP contribution in [0, 0.1) is 0 Å². The first-order valence-corrected chi connectivity index (χ1v) is 7.98. The molecule has 0 radical (unpaired) electrons. The lowest BCUT2D eigenvalue weighted by Gasteiger charge is -2.44. The van der Waals surface area contributed by atoms with Crippen molar-refractivity contribution in [1.82, 2.24) is 4.90 Å². The number of likely N-dealkylation sites (tertiary alicyclic amines) is 1. The molecule has 0 aliphatic carbocycles. The van der Waals surface area contributed by atoms with Gasteiger partial charge in [0.05, 0.1) is 0 Å². The molecule has 0 spiro atoms. The average molecular weight is 300 g/mol. The van der Waals surface area contributed by atoms with Crippen molar-refractivity contribution in [2.45, 2.75) is 43.0 Å². The lowest BCUT2D eigenvalue weighted by atomic mass is 9.83. The van der Waals surface area contributed by atoms with Gasteiger partial charge in [0.1, 0.15) is 5.75 Å². The van der Waals surface area contributed by atoms with Crippen molar-refractivity contribution in [3.05, 3.63) is 23.8 Å². The fraction of sp³-hybridized carbons (Fsp3) is 0.600. The highest BCUT2D eigenvalue weighted by Crippen LogP contribution is 2.45. The maximum atomic E-state index is 9.72. The van der Waals surface area contributed by atoms with Gasteiger partial charge in [-0.2, -0.15) is 0 Å². The summed E-state index contributed by atoms with van der Waals surface area (Å²) in [4.78, 5) is 4.04. The molecule has 0 aromatic heterocycles. The molecule has 2 nitrogen and oxygen atoms in total. The number of rotatable bonds is 2. The Morgan fingerprint density at radius 3 is 3.05 bits per heavy atom. The Morgan fingerprint density at radius 1 is 1.42 bits per heavy atom. The summed E-state index contributed by atoms with van der Waals surface area (Å²) < 4.78 is 0. The number of phenolic OH excluding ortho intramolecular Hbond substituents is 1. The van der Waals surface area contributed by atoms with E-state index in [1.807, 2.05) is 23.9 Å². The second-order valence-electron chi connectivity index (χ2n) is 5.39. The highest BCUT2D eigenvalue weighted by molar-refractivity contribution is 7.99. The first kappa shape index (κ1) is 15.0. The zero-order valence-corrected chi connectivity index (χ0v) is 13.0. The Morgan fingerprint density at radius 2 is 2.26 bits per heavy atom. The van der Waals surface area contributed by atoms with Crippen molar-refractivity contribution in [3.8, 4) is 5.75 Å². The maximum Gasteiger partial charge on any atom is 0.115 e. The van der Waals surface area contributed by atoms with Gasteiger partial charge in [0.25, 0.3) is 0 Å². The number of thioether (sulfide) groups is 1. The van der Waals surface area contributed by atoms with Gasteiger partial charge >= 0.3 is 0 Å². The minimum atomic E-state index is 0. The lowest BCUT2D eigenvalue weighted by molar-refractivity contribution is 0.139. The number of nitrogens with zero attached hydrogens (tertiary/aromatic N) is 1. The summed E-state index contributed by atoms with van der Waals surface area (Å²) >= 11 is 1.96. The van der Waals surface area contributed by atoms with Crippen molar-refractivity contribution in [3.63, 3.8) is 0 Å². The summed E-state index contributed by atoms with van der Waals surface area (Å²) in [5.74, 6) is 2.26. The first-order chi connectivity index (χ1) is 8.79. The number of halogens is 1. The number of piperidine rings is 1. The summed E-state index contributed by atoms with van der Waals surface area (Å²) in [6.07, 6.45) is 3.81. The number of aromatic hydroxyl groups is 1. The first-order valence-electron chi connectivity index (χ1n) is 6.99. The minimum Gasteiger partial charge on any atom is -0.508 e. The van der Waals surface area contributed by atoms with Gasteiger partial charge < -0.3 is 5.11 Å². The zero-order valence-electron chi connectivity index (χ0n) is 11.3. The topological polar surface area (TPSA) is 23.5 Å². The van der Waals surface area contributed by atoms with Gasteiger partial charge in [-0.25, -0.2) is 0 Å². The summed E-state index contributed by atoms with van der Waals surface area (Å²) in [6, 6.07) is 6.58. The van der Waals surface area contributed by atoms with Crippen LogP contribution in [-0.2, 0) is 0 Å². The number of hydrogen-bond acceptors (Lipinski definition) is 3. The normalized spacial score (nSPS) is 26.2. The molecule has 3 rings (SSSR count). The SMILES string of the molecule is CCCN1CCC[C@H]2c3cc(O)ccc3SC[C@H]21.Cl. The lowest BCUT2D eigenvalue weighted by Crippen LogP contribution is -2.47. The van der Waals surface area contributed by atoms with Gasteiger partial charge in [0.15, 0.2) is 0 Å². The van der Waals surface area contributed by atoms with Crippen LogP contribution in [0.3, 0.4) is 0 Å². The molecule has 1 saturated heterocycles. The van der Waals surface area contributed by atoms with Crippen LogP contribution in [-0.4, -0.2) is 34.9 Å². The van der Waals surface area contributed by atoms with Crippen LogP contribution in [0.1, 0.15) is 37.7 Å². The quantitative estimate of drug-likeness (QED) is 0.896. The summed E-state index contributed by atoms with van der Waals surface area (Å²) in [5, 5.41) is 9.72. The van der Waals surface area contributed by atoms with E-state index < -0.39 is 0 Å². The monoisotopic (exact) mass is 299 g/mol. The number of benzene rings is 1. The Kier molecular flexibility index (Phi) is 5.04. The van der Waals surface area contributed by atoms with Crippen molar-refractivity contribution in [2.24, 2.45) is 0 Å². The molecule has 2 aliphatic heterocycles. The molecule has 2 atom stereocenters. The van der Waals surface area contributed by atoms with Gasteiger partial charge in [-0.05, 0) is 56.1 Å². The van der Waals surface area contributed by atoms with Crippen LogP contribution in [0.15, 0.2) is 23.1 Å². The highest BCUT2D eigenvalue weighted by atomic mass is 35.5. The van der Waals surface area contributed by atoms with E-state index in [1.165, 1.54) is 48.6 Å². The van der Waals surface area contributed by atoms with Gasteiger partial charge in [0.2, 0.25) is 0 Å². The van der Waals surface area contributed by atoms with E-state index in [2.05, 4.69) is 17.9 Å². The van der Waals surface area contributed by atoms with Crippen LogP contribution in [0.2, 0.25) is 0 Å². The van der Waals surface area contributed by atoms with E-state index in [1.54, 1.807) is 0 Å². The third-order valence-corrected chi connectivity index (χ3v) is 5.40. The Bertz CT molecular complexity index is 438. The van der Waals surface area contributed by atoms with E-state index in [0.717, 1.165) is 0 Å². The van der Waals surface area contributed by atoms with Gasteiger partial charge in [-0.3, -0.25) is 4.90 Å².